The molecule has 0 bridgehead atoms. The smallest absolute Gasteiger partial charge is 0.387 e. The highest BCUT2D eigenvalue weighted by Gasteiger charge is 2.27. The Morgan fingerprint density at radius 3 is 1.57 bits per heavy atom. The molecule has 0 aliphatic carbocycles. The first-order valence-corrected chi connectivity index (χ1v) is 23.0. The largest absolute Gasteiger partial charge is 0.472 e. The number of phosphoric ester groups is 1. The van der Waals surface area contributed by atoms with Crippen molar-refractivity contribution in [1.29, 1.82) is 0 Å². The van der Waals surface area contributed by atoms with Crippen LogP contribution >= 0.6 is 7.82 Å². The van der Waals surface area contributed by atoms with Crippen LogP contribution < -0.4 is 5.32 Å². The highest BCUT2D eigenvalue weighted by molar-refractivity contribution is 7.47. The van der Waals surface area contributed by atoms with E-state index in [-0.39, 0.29) is 19.1 Å². The number of aliphatic hydroxyl groups is 1. The van der Waals surface area contributed by atoms with Crippen LogP contribution in [0, 0.1) is 0 Å². The molecule has 0 fully saturated rings. The van der Waals surface area contributed by atoms with Crippen molar-refractivity contribution in [3.05, 3.63) is 48.6 Å². The van der Waals surface area contributed by atoms with Crippen molar-refractivity contribution < 1.29 is 32.9 Å². The molecule has 3 unspecified atom stereocenters. The maximum Gasteiger partial charge on any atom is 0.472 e. The van der Waals surface area contributed by atoms with E-state index in [0.717, 1.165) is 57.8 Å². The molecule has 3 atom stereocenters. The molecule has 0 heterocycles. The minimum atomic E-state index is -4.33. The van der Waals surface area contributed by atoms with Gasteiger partial charge in [-0.25, -0.2) is 4.57 Å². The summed E-state index contributed by atoms with van der Waals surface area (Å²) in [5.74, 6) is -0.190. The Bertz CT molecular complexity index is 1010. The van der Waals surface area contributed by atoms with Crippen LogP contribution in [-0.4, -0.2) is 73.4 Å². The van der Waals surface area contributed by atoms with Crippen LogP contribution in [-0.2, 0) is 18.4 Å². The number of likely N-dealkylation sites (N-methyl/N-ethyl adjacent to an activating group) is 1. The van der Waals surface area contributed by atoms with Crippen LogP contribution in [0.15, 0.2) is 48.6 Å². The van der Waals surface area contributed by atoms with E-state index in [0.29, 0.717) is 17.4 Å². The molecular weight excluding hydrogens is 683 g/mol. The second-order valence-corrected chi connectivity index (χ2v) is 17.2. The van der Waals surface area contributed by atoms with Crippen molar-refractivity contribution in [1.82, 2.24) is 5.32 Å². The number of allylic oxidation sites excluding steroid dienone is 7. The number of phosphoric acid groups is 1. The van der Waals surface area contributed by atoms with E-state index in [9.17, 15) is 19.4 Å². The van der Waals surface area contributed by atoms with Gasteiger partial charge >= 0.3 is 7.82 Å². The Balaban J connectivity index is 4.26. The lowest BCUT2D eigenvalue weighted by Gasteiger charge is -2.25. The fraction of sp³-hybridized carbons (Fsp3) is 0.795. The molecule has 0 rings (SSSR count). The molecule has 1 amide bonds. The van der Waals surface area contributed by atoms with Gasteiger partial charge in [0.2, 0.25) is 5.91 Å². The number of nitrogens with one attached hydrogen (secondary N) is 1. The van der Waals surface area contributed by atoms with E-state index in [2.05, 4.69) is 55.6 Å². The zero-order valence-corrected chi connectivity index (χ0v) is 35.9. The average Bonchev–Trinajstić information content (AvgIpc) is 3.10. The van der Waals surface area contributed by atoms with Crippen LogP contribution in [0.2, 0.25) is 0 Å². The number of rotatable bonds is 38. The summed E-state index contributed by atoms with van der Waals surface area (Å²) in [5, 5.41) is 13.7. The first-order valence-electron chi connectivity index (χ1n) is 21.5. The van der Waals surface area contributed by atoms with Crippen molar-refractivity contribution >= 4 is 13.7 Å². The third-order valence-corrected chi connectivity index (χ3v) is 10.3. The summed E-state index contributed by atoms with van der Waals surface area (Å²) in [7, 11) is 1.56. The summed E-state index contributed by atoms with van der Waals surface area (Å²) in [4.78, 5) is 23.0. The van der Waals surface area contributed by atoms with Crippen LogP contribution in [0.1, 0.15) is 174 Å². The third kappa shape index (κ3) is 38.5. The minimum absolute atomic E-state index is 0.0579. The first-order chi connectivity index (χ1) is 25.5. The molecule has 9 heteroatoms. The molecule has 0 aliphatic heterocycles. The number of unbranched alkanes of at least 4 members (excludes halogenated alkanes) is 19. The van der Waals surface area contributed by atoms with Gasteiger partial charge in [0, 0.05) is 6.42 Å². The molecule has 0 aromatic heterocycles. The van der Waals surface area contributed by atoms with Gasteiger partial charge in [-0.3, -0.25) is 13.8 Å². The van der Waals surface area contributed by atoms with E-state index in [1.807, 2.05) is 27.2 Å². The number of hydrogen-bond acceptors (Lipinski definition) is 5. The van der Waals surface area contributed by atoms with Crippen molar-refractivity contribution in [3.8, 4) is 0 Å². The van der Waals surface area contributed by atoms with E-state index in [1.54, 1.807) is 6.08 Å². The molecule has 0 radical (unpaired) electrons. The average molecular weight is 768 g/mol. The second kappa shape index (κ2) is 36.1. The normalized spacial score (nSPS) is 14.9. The lowest BCUT2D eigenvalue weighted by Crippen LogP contribution is -2.45. The van der Waals surface area contributed by atoms with Crippen LogP contribution in [0.25, 0.3) is 0 Å². The predicted molar refractivity (Wildman–Crippen MR) is 226 cm³/mol. The van der Waals surface area contributed by atoms with Gasteiger partial charge < -0.3 is 19.8 Å². The maximum atomic E-state index is 12.8. The fourth-order valence-electron chi connectivity index (χ4n) is 5.81. The predicted octanol–water partition coefficient (Wildman–Crippen LogP) is 11.7. The molecule has 0 saturated heterocycles. The number of quaternary nitrogens is 1. The van der Waals surface area contributed by atoms with Gasteiger partial charge in [0.15, 0.2) is 0 Å². The van der Waals surface area contributed by atoms with Gasteiger partial charge in [-0.05, 0) is 57.8 Å². The number of nitrogens with zero attached hydrogens (tertiary/aromatic N) is 1. The topological polar surface area (TPSA) is 105 Å². The van der Waals surface area contributed by atoms with Gasteiger partial charge in [-0.1, -0.05) is 159 Å². The summed E-state index contributed by atoms with van der Waals surface area (Å²) in [6, 6.07) is -0.848. The van der Waals surface area contributed by atoms with E-state index < -0.39 is 20.0 Å². The van der Waals surface area contributed by atoms with E-state index in [1.165, 1.54) is 96.3 Å². The molecule has 53 heavy (non-hydrogen) atoms. The lowest BCUT2D eigenvalue weighted by atomic mass is 10.1. The number of carbonyl (C=O) groups excluding carboxylic acids is 1. The van der Waals surface area contributed by atoms with E-state index >= 15 is 0 Å². The van der Waals surface area contributed by atoms with Crippen molar-refractivity contribution in [3.63, 3.8) is 0 Å². The van der Waals surface area contributed by atoms with Crippen molar-refractivity contribution in [2.75, 3.05) is 40.9 Å². The molecule has 3 N–H and O–H groups in total. The highest BCUT2D eigenvalue weighted by atomic mass is 31.2. The number of carbonyl (C=O) groups is 1. The van der Waals surface area contributed by atoms with Crippen LogP contribution in [0.4, 0.5) is 0 Å². The molecule has 0 aromatic rings. The van der Waals surface area contributed by atoms with Gasteiger partial charge in [0.1, 0.15) is 13.2 Å². The zero-order valence-electron chi connectivity index (χ0n) is 35.0. The number of amides is 1. The fourth-order valence-corrected chi connectivity index (χ4v) is 6.55. The molecular formula is C44H84N2O6P+. The Labute approximate surface area is 327 Å². The molecule has 0 aromatic carbocycles. The van der Waals surface area contributed by atoms with Gasteiger partial charge in [-0.15, -0.1) is 0 Å². The van der Waals surface area contributed by atoms with Gasteiger partial charge in [0.25, 0.3) is 0 Å². The second-order valence-electron chi connectivity index (χ2n) is 15.7. The summed E-state index contributed by atoms with van der Waals surface area (Å²) in [6.07, 6.45) is 44.8. The SMILES string of the molecule is CCCCCCC/C=C\C/C=C\C/C=C\CCCCCCCCCCC(=O)NC(COP(=O)(O)OCC[N+](C)(C)C)C(O)/C=C/CCCCCCCC. The Morgan fingerprint density at radius 2 is 1.08 bits per heavy atom. The zero-order chi connectivity index (χ0) is 39.3. The third-order valence-electron chi connectivity index (χ3n) is 9.29. The minimum Gasteiger partial charge on any atom is -0.387 e. The summed E-state index contributed by atoms with van der Waals surface area (Å²) < 4.78 is 23.4. The number of hydrogen-bond donors (Lipinski definition) is 3. The molecule has 8 nitrogen and oxygen atoms in total. The van der Waals surface area contributed by atoms with Gasteiger partial charge in [0.05, 0.1) is 39.9 Å². The van der Waals surface area contributed by atoms with Crippen LogP contribution in [0.5, 0.6) is 0 Å². The summed E-state index contributed by atoms with van der Waals surface area (Å²) >= 11 is 0. The number of aliphatic hydroxyl groups excluding tert-OH is 1. The monoisotopic (exact) mass is 768 g/mol. The van der Waals surface area contributed by atoms with E-state index in [4.69, 9.17) is 9.05 Å². The summed E-state index contributed by atoms with van der Waals surface area (Å²) in [6.45, 7) is 4.73. The molecule has 310 valence electrons. The standard InChI is InChI=1S/C44H83N2O6P/c1-6-8-10-12-14-16-17-18-19-20-21-22-23-24-25-26-27-28-29-30-32-34-36-38-44(48)45-42(41-52-53(49,50)51-40-39-46(3,4)5)43(47)37-35-33-31-15-13-11-9-7-2/h17-18,20-21,23-24,35,37,42-43,47H,6-16,19,22,25-34,36,38-41H2,1-5H3,(H-,45,48,49,50)/p+1/b18-17-,21-20-,24-23-,37-35+. The van der Waals surface area contributed by atoms with Crippen molar-refractivity contribution in [2.45, 2.75) is 187 Å². The Hall–Kier alpha value is -1.54. The molecule has 0 saturated carbocycles. The Morgan fingerprint density at radius 1 is 0.642 bits per heavy atom. The highest BCUT2D eigenvalue weighted by Crippen LogP contribution is 2.43. The summed E-state index contributed by atoms with van der Waals surface area (Å²) in [5.41, 5.74) is 0. The van der Waals surface area contributed by atoms with Crippen LogP contribution in [0.3, 0.4) is 0 Å². The maximum absolute atomic E-state index is 12.8. The molecule has 0 spiro atoms. The van der Waals surface area contributed by atoms with Gasteiger partial charge in [-0.2, -0.15) is 0 Å². The lowest BCUT2D eigenvalue weighted by molar-refractivity contribution is -0.870. The quantitative estimate of drug-likeness (QED) is 0.0250. The van der Waals surface area contributed by atoms with Crippen molar-refractivity contribution in [2.24, 2.45) is 0 Å². The Kier molecular flexibility index (Phi) is 35.1. The molecule has 0 aliphatic rings. The first kappa shape index (κ1) is 51.5.